The second-order valence-corrected chi connectivity index (χ2v) is 5.96. The van der Waals surface area contributed by atoms with Gasteiger partial charge in [0, 0.05) is 33.3 Å². The van der Waals surface area contributed by atoms with Gasteiger partial charge >= 0.3 is 0 Å². The van der Waals surface area contributed by atoms with E-state index in [0.717, 1.165) is 13.1 Å². The summed E-state index contributed by atoms with van der Waals surface area (Å²) in [5.74, 6) is 0. The van der Waals surface area contributed by atoms with Crippen molar-refractivity contribution in [3.05, 3.63) is 34.9 Å². The lowest BCUT2D eigenvalue weighted by Gasteiger charge is -2.25. The van der Waals surface area contributed by atoms with Gasteiger partial charge in [0.25, 0.3) is 0 Å². The molecule has 0 fully saturated rings. The minimum absolute atomic E-state index is 0.345. The predicted octanol–water partition coefficient (Wildman–Crippen LogP) is 1.67. The zero-order chi connectivity index (χ0) is 15.8. The van der Waals surface area contributed by atoms with Crippen molar-refractivity contribution in [2.24, 2.45) is 0 Å². The van der Waals surface area contributed by atoms with E-state index < -0.39 is 0 Å². The number of rotatable bonds is 9. The van der Waals surface area contributed by atoms with Gasteiger partial charge in [-0.1, -0.05) is 18.2 Å². The number of aryl methyl sites for hydroxylation is 1. The highest BCUT2D eigenvalue weighted by molar-refractivity contribution is 5.32. The number of ether oxygens (including phenoxy) is 1. The molecule has 0 saturated carbocycles. The van der Waals surface area contributed by atoms with E-state index in [1.807, 2.05) is 7.05 Å². The summed E-state index contributed by atoms with van der Waals surface area (Å²) in [5.41, 5.74) is 3.99. The molecular weight excluding hydrogens is 264 g/mol. The Morgan fingerprint density at radius 3 is 2.48 bits per heavy atom. The Balaban J connectivity index is 2.42. The van der Waals surface area contributed by atoms with E-state index in [0.29, 0.717) is 19.7 Å². The number of hydrogen-bond acceptors (Lipinski definition) is 4. The maximum atomic E-state index is 10.2. The van der Waals surface area contributed by atoms with E-state index in [-0.39, 0.29) is 6.10 Å². The first-order valence-electron chi connectivity index (χ1n) is 7.53. The largest absolute Gasteiger partial charge is 0.390 e. The normalized spacial score (nSPS) is 13.1. The Hall–Kier alpha value is -0.940. The maximum Gasteiger partial charge on any atom is 0.0793 e. The van der Waals surface area contributed by atoms with Gasteiger partial charge < -0.3 is 14.7 Å². The van der Waals surface area contributed by atoms with Gasteiger partial charge in [0.1, 0.15) is 0 Å². The van der Waals surface area contributed by atoms with Crippen LogP contribution in [0.2, 0.25) is 0 Å². The third-order valence-corrected chi connectivity index (χ3v) is 3.88. The van der Waals surface area contributed by atoms with Crippen LogP contribution in [0, 0.1) is 13.8 Å². The van der Waals surface area contributed by atoms with Crippen LogP contribution in [0.15, 0.2) is 18.2 Å². The van der Waals surface area contributed by atoms with Crippen LogP contribution in [0.1, 0.15) is 16.7 Å². The number of nitrogens with zero attached hydrogens (tertiary/aromatic N) is 2. The van der Waals surface area contributed by atoms with Crippen molar-refractivity contribution in [3.63, 3.8) is 0 Å². The number of aliphatic hydroxyl groups excluding tert-OH is 1. The molecule has 0 aliphatic heterocycles. The summed E-state index contributed by atoms with van der Waals surface area (Å²) in [5, 5.41) is 10.2. The average molecular weight is 294 g/mol. The molecule has 1 aromatic carbocycles. The van der Waals surface area contributed by atoms with Gasteiger partial charge in [-0.15, -0.1) is 0 Å². The summed E-state index contributed by atoms with van der Waals surface area (Å²) in [7, 11) is 5.76. The fourth-order valence-corrected chi connectivity index (χ4v) is 2.45. The summed E-state index contributed by atoms with van der Waals surface area (Å²) in [6.45, 7) is 8.04. The highest BCUT2D eigenvalue weighted by atomic mass is 16.5. The van der Waals surface area contributed by atoms with E-state index in [1.165, 1.54) is 16.7 Å². The van der Waals surface area contributed by atoms with Gasteiger partial charge in [-0.3, -0.25) is 4.90 Å². The molecule has 1 unspecified atom stereocenters. The Morgan fingerprint density at radius 1 is 1.14 bits per heavy atom. The smallest absolute Gasteiger partial charge is 0.0793 e. The van der Waals surface area contributed by atoms with Gasteiger partial charge in [0.15, 0.2) is 0 Å². The molecule has 0 saturated heterocycles. The molecule has 0 aromatic heterocycles. The van der Waals surface area contributed by atoms with Crippen LogP contribution in [0.4, 0.5) is 0 Å². The number of likely N-dealkylation sites (N-methyl/N-ethyl adjacent to an activating group) is 2. The molecule has 120 valence electrons. The van der Waals surface area contributed by atoms with Crippen molar-refractivity contribution in [3.8, 4) is 0 Å². The molecule has 1 aromatic rings. The molecule has 4 nitrogen and oxygen atoms in total. The monoisotopic (exact) mass is 294 g/mol. The van der Waals surface area contributed by atoms with Gasteiger partial charge in [-0.05, 0) is 44.6 Å². The Kier molecular flexibility index (Phi) is 7.89. The molecule has 0 bridgehead atoms. The van der Waals surface area contributed by atoms with Gasteiger partial charge in [0.2, 0.25) is 0 Å². The molecule has 0 heterocycles. The van der Waals surface area contributed by atoms with Crippen molar-refractivity contribution >= 4 is 0 Å². The SMILES string of the molecule is COCCN(C)CC(O)CN(C)Cc1cccc(C)c1C. The number of aliphatic hydroxyl groups is 1. The number of hydrogen-bond donors (Lipinski definition) is 1. The first kappa shape index (κ1) is 18.1. The Bertz CT molecular complexity index is 423. The predicted molar refractivity (Wildman–Crippen MR) is 87.6 cm³/mol. The van der Waals surface area contributed by atoms with Crippen molar-refractivity contribution in [1.82, 2.24) is 9.80 Å². The van der Waals surface area contributed by atoms with E-state index in [1.54, 1.807) is 7.11 Å². The lowest BCUT2D eigenvalue weighted by atomic mass is 10.0. The van der Waals surface area contributed by atoms with Crippen LogP contribution in [-0.2, 0) is 11.3 Å². The standard InChI is InChI=1S/C17H30N2O2/c1-14-7-6-8-16(15(14)2)11-19(4)13-17(20)12-18(3)9-10-21-5/h6-8,17,20H,9-13H2,1-5H3. The van der Waals surface area contributed by atoms with Gasteiger partial charge in [-0.2, -0.15) is 0 Å². The molecule has 0 amide bonds. The molecule has 1 N–H and O–H groups in total. The third kappa shape index (κ3) is 6.57. The van der Waals surface area contributed by atoms with Crippen LogP contribution in [0.25, 0.3) is 0 Å². The Morgan fingerprint density at radius 2 is 1.81 bits per heavy atom. The molecule has 1 atom stereocenters. The van der Waals surface area contributed by atoms with E-state index in [2.05, 4.69) is 48.9 Å². The van der Waals surface area contributed by atoms with E-state index in [9.17, 15) is 5.11 Å². The molecular formula is C17H30N2O2. The third-order valence-electron chi connectivity index (χ3n) is 3.88. The lowest BCUT2D eigenvalue weighted by Crippen LogP contribution is -2.38. The van der Waals surface area contributed by atoms with E-state index >= 15 is 0 Å². The number of methoxy groups -OCH3 is 1. The minimum atomic E-state index is -0.345. The number of benzene rings is 1. The summed E-state index contributed by atoms with van der Waals surface area (Å²) < 4.78 is 5.04. The molecule has 4 heteroatoms. The first-order chi connectivity index (χ1) is 9.93. The van der Waals surface area contributed by atoms with Crippen molar-refractivity contribution in [1.29, 1.82) is 0 Å². The second kappa shape index (κ2) is 9.15. The van der Waals surface area contributed by atoms with Crippen LogP contribution in [0.3, 0.4) is 0 Å². The lowest BCUT2D eigenvalue weighted by molar-refractivity contribution is 0.0771. The average Bonchev–Trinajstić information content (AvgIpc) is 2.41. The highest BCUT2D eigenvalue weighted by Crippen LogP contribution is 2.14. The van der Waals surface area contributed by atoms with Crippen molar-refractivity contribution in [2.75, 3.05) is 47.4 Å². The minimum Gasteiger partial charge on any atom is -0.390 e. The molecule has 1 rings (SSSR count). The van der Waals surface area contributed by atoms with Crippen LogP contribution in [-0.4, -0.2) is 68.5 Å². The summed E-state index contributed by atoms with van der Waals surface area (Å²) in [4.78, 5) is 4.27. The van der Waals surface area contributed by atoms with Gasteiger partial charge in [-0.25, -0.2) is 0 Å². The van der Waals surface area contributed by atoms with Crippen LogP contribution in [0.5, 0.6) is 0 Å². The first-order valence-corrected chi connectivity index (χ1v) is 7.53. The summed E-state index contributed by atoms with van der Waals surface area (Å²) in [6.07, 6.45) is -0.345. The molecule has 0 aliphatic rings. The van der Waals surface area contributed by atoms with Crippen LogP contribution >= 0.6 is 0 Å². The maximum absolute atomic E-state index is 10.2. The quantitative estimate of drug-likeness (QED) is 0.751. The fraction of sp³-hybridized carbons (Fsp3) is 0.647. The second-order valence-electron chi connectivity index (χ2n) is 5.96. The van der Waals surface area contributed by atoms with E-state index in [4.69, 9.17) is 4.74 Å². The fourth-order valence-electron chi connectivity index (χ4n) is 2.45. The van der Waals surface area contributed by atoms with Gasteiger partial charge in [0.05, 0.1) is 12.7 Å². The van der Waals surface area contributed by atoms with Crippen LogP contribution < -0.4 is 0 Å². The summed E-state index contributed by atoms with van der Waals surface area (Å²) >= 11 is 0. The summed E-state index contributed by atoms with van der Waals surface area (Å²) in [6, 6.07) is 6.40. The molecule has 21 heavy (non-hydrogen) atoms. The topological polar surface area (TPSA) is 35.9 Å². The molecule has 0 spiro atoms. The zero-order valence-corrected chi connectivity index (χ0v) is 14.1. The van der Waals surface area contributed by atoms with Crippen molar-refractivity contribution in [2.45, 2.75) is 26.5 Å². The zero-order valence-electron chi connectivity index (χ0n) is 14.1. The highest BCUT2D eigenvalue weighted by Gasteiger charge is 2.12. The molecule has 0 radical (unpaired) electrons. The molecule has 0 aliphatic carbocycles. The Labute approximate surface area is 129 Å². The van der Waals surface area contributed by atoms with Crippen molar-refractivity contribution < 1.29 is 9.84 Å².